The van der Waals surface area contributed by atoms with Gasteiger partial charge in [-0.05, 0) is 19.1 Å². The zero-order valence-corrected chi connectivity index (χ0v) is 15.5. The molecule has 0 N–H and O–H groups in total. The van der Waals surface area contributed by atoms with Crippen molar-refractivity contribution in [2.45, 2.75) is 32.6 Å². The summed E-state index contributed by atoms with van der Waals surface area (Å²) in [5.74, 6) is 0. The number of aromatic nitrogens is 5. The fourth-order valence-electron chi connectivity index (χ4n) is 3.35. The van der Waals surface area contributed by atoms with Crippen molar-refractivity contribution in [2.75, 3.05) is 13.7 Å². The van der Waals surface area contributed by atoms with E-state index < -0.39 is 0 Å². The zero-order valence-electron chi connectivity index (χ0n) is 14.7. The summed E-state index contributed by atoms with van der Waals surface area (Å²) in [6, 6.07) is 4.70. The van der Waals surface area contributed by atoms with Crippen molar-refractivity contribution in [2.24, 2.45) is 7.05 Å². The lowest BCUT2D eigenvalue weighted by atomic mass is 10.1. The third-order valence-corrected chi connectivity index (χ3v) is 5.57. The molecule has 0 aromatic carbocycles. The van der Waals surface area contributed by atoms with Crippen LogP contribution in [0.15, 0.2) is 24.5 Å². The Labute approximate surface area is 150 Å². The van der Waals surface area contributed by atoms with Crippen LogP contribution in [0.1, 0.15) is 15.4 Å². The van der Waals surface area contributed by atoms with Gasteiger partial charge in [0.15, 0.2) is 0 Å². The first-order valence-corrected chi connectivity index (χ1v) is 9.15. The summed E-state index contributed by atoms with van der Waals surface area (Å²) in [7, 11) is 3.67. The second-order valence-electron chi connectivity index (χ2n) is 6.50. The van der Waals surface area contributed by atoms with Crippen molar-refractivity contribution in [3.8, 4) is 11.3 Å². The molecular formula is C17H22N6OS. The molecule has 0 radical (unpaired) electrons. The normalized spacial score (nSPS) is 17.8. The van der Waals surface area contributed by atoms with Crippen LogP contribution in [0.3, 0.4) is 0 Å². The van der Waals surface area contributed by atoms with Crippen LogP contribution in [0.25, 0.3) is 11.3 Å². The Morgan fingerprint density at radius 1 is 1.36 bits per heavy atom. The van der Waals surface area contributed by atoms with E-state index in [1.807, 2.05) is 35.5 Å². The number of hydrogen-bond acceptors (Lipinski definition) is 6. The number of rotatable bonds is 5. The van der Waals surface area contributed by atoms with Crippen LogP contribution in [0.2, 0.25) is 0 Å². The Morgan fingerprint density at radius 2 is 2.24 bits per heavy atom. The number of ether oxygens (including phenoxy) is 1. The summed E-state index contributed by atoms with van der Waals surface area (Å²) in [6.45, 7) is 5.36. The van der Waals surface area contributed by atoms with E-state index in [1.165, 1.54) is 9.75 Å². The Kier molecular flexibility index (Phi) is 4.41. The molecule has 7 nitrogen and oxygen atoms in total. The van der Waals surface area contributed by atoms with E-state index in [-0.39, 0.29) is 0 Å². The molecule has 0 spiro atoms. The van der Waals surface area contributed by atoms with E-state index in [1.54, 1.807) is 11.8 Å². The summed E-state index contributed by atoms with van der Waals surface area (Å²) in [5.41, 5.74) is 3.09. The van der Waals surface area contributed by atoms with E-state index in [4.69, 9.17) is 4.74 Å². The van der Waals surface area contributed by atoms with Crippen LogP contribution >= 0.6 is 11.3 Å². The number of nitrogens with zero attached hydrogens (tertiary/aromatic N) is 6. The predicted molar refractivity (Wildman–Crippen MR) is 96.2 cm³/mol. The molecule has 0 amide bonds. The van der Waals surface area contributed by atoms with Gasteiger partial charge in [0.1, 0.15) is 5.69 Å². The molecule has 4 rings (SSSR count). The average molecular weight is 358 g/mol. The van der Waals surface area contributed by atoms with Gasteiger partial charge < -0.3 is 4.74 Å². The van der Waals surface area contributed by atoms with Crippen LogP contribution in [-0.2, 0) is 31.4 Å². The molecule has 0 bridgehead atoms. The fourth-order valence-corrected chi connectivity index (χ4v) is 4.26. The largest absolute Gasteiger partial charge is 0.383 e. The van der Waals surface area contributed by atoms with Gasteiger partial charge in [0.05, 0.1) is 31.1 Å². The standard InChI is InChI=1S/C17H22N6OS/c1-12-4-5-15(25-12)9-22-10-16-17(13-6-18-21(2)7-13)19-20-23(16)8-14(22)11-24-3/h4-7,14H,8-11H2,1-3H3/t14-/m1/s1. The molecule has 132 valence electrons. The summed E-state index contributed by atoms with van der Waals surface area (Å²) in [4.78, 5) is 5.19. The van der Waals surface area contributed by atoms with Gasteiger partial charge in [0.25, 0.3) is 0 Å². The van der Waals surface area contributed by atoms with Crippen molar-refractivity contribution in [1.29, 1.82) is 0 Å². The third kappa shape index (κ3) is 3.24. The Hall–Kier alpha value is -2.03. The molecule has 1 aliphatic rings. The van der Waals surface area contributed by atoms with Gasteiger partial charge in [-0.1, -0.05) is 5.21 Å². The molecule has 8 heteroatoms. The minimum atomic E-state index is 0.295. The van der Waals surface area contributed by atoms with Gasteiger partial charge in [-0.25, -0.2) is 4.68 Å². The molecule has 25 heavy (non-hydrogen) atoms. The molecule has 1 aliphatic heterocycles. The van der Waals surface area contributed by atoms with Crippen LogP contribution < -0.4 is 0 Å². The van der Waals surface area contributed by atoms with Gasteiger partial charge in [-0.2, -0.15) is 5.10 Å². The monoisotopic (exact) mass is 358 g/mol. The first-order valence-electron chi connectivity index (χ1n) is 8.33. The first kappa shape index (κ1) is 16.4. The van der Waals surface area contributed by atoms with Crippen molar-refractivity contribution in [1.82, 2.24) is 29.7 Å². The topological polar surface area (TPSA) is 61.0 Å². The quantitative estimate of drug-likeness (QED) is 0.699. The first-order chi connectivity index (χ1) is 12.1. The maximum atomic E-state index is 5.45. The van der Waals surface area contributed by atoms with Crippen molar-refractivity contribution < 1.29 is 4.74 Å². The summed E-state index contributed by atoms with van der Waals surface area (Å²) >= 11 is 1.85. The lowest BCUT2D eigenvalue weighted by molar-refractivity contribution is 0.0510. The van der Waals surface area contributed by atoms with Crippen LogP contribution in [0, 0.1) is 6.92 Å². The predicted octanol–water partition coefficient (Wildman–Crippen LogP) is 2.08. The van der Waals surface area contributed by atoms with Gasteiger partial charge in [-0.15, -0.1) is 16.4 Å². The van der Waals surface area contributed by atoms with Gasteiger partial charge in [0.2, 0.25) is 0 Å². The number of aryl methyl sites for hydroxylation is 2. The maximum absolute atomic E-state index is 5.45. The lowest BCUT2D eigenvalue weighted by Crippen LogP contribution is -2.45. The summed E-state index contributed by atoms with van der Waals surface area (Å²) < 4.78 is 9.26. The van der Waals surface area contributed by atoms with Crippen molar-refractivity contribution in [3.63, 3.8) is 0 Å². The molecule has 3 aromatic rings. The van der Waals surface area contributed by atoms with Gasteiger partial charge in [0, 0.05) is 48.8 Å². The molecule has 0 saturated heterocycles. The van der Waals surface area contributed by atoms with E-state index in [0.717, 1.165) is 36.6 Å². The zero-order chi connectivity index (χ0) is 17.4. The highest BCUT2D eigenvalue weighted by atomic mass is 32.1. The molecule has 1 atom stereocenters. The van der Waals surface area contributed by atoms with Crippen molar-refractivity contribution >= 4 is 11.3 Å². The van der Waals surface area contributed by atoms with E-state index in [0.29, 0.717) is 12.6 Å². The molecule has 0 unspecified atom stereocenters. The number of hydrogen-bond donors (Lipinski definition) is 0. The molecule has 3 aromatic heterocycles. The van der Waals surface area contributed by atoms with Crippen LogP contribution in [-0.4, -0.2) is 49.4 Å². The maximum Gasteiger partial charge on any atom is 0.120 e. The Balaban J connectivity index is 1.64. The number of fused-ring (bicyclic) bond motifs is 1. The SMILES string of the molecule is COC[C@H]1Cn2nnc(-c3cnn(C)c3)c2CN1Cc1ccc(C)s1. The highest BCUT2D eigenvalue weighted by Crippen LogP contribution is 2.28. The minimum absolute atomic E-state index is 0.295. The Morgan fingerprint density at radius 3 is 2.92 bits per heavy atom. The van der Waals surface area contributed by atoms with Crippen LogP contribution in [0.5, 0.6) is 0 Å². The lowest BCUT2D eigenvalue weighted by Gasteiger charge is -2.35. The third-order valence-electron chi connectivity index (χ3n) is 4.58. The molecule has 0 aliphatic carbocycles. The summed E-state index contributed by atoms with van der Waals surface area (Å²) in [5, 5.41) is 13.0. The number of thiophene rings is 1. The average Bonchev–Trinajstić information content (AvgIpc) is 3.28. The second-order valence-corrected chi connectivity index (χ2v) is 7.87. The Bertz CT molecular complexity index is 866. The summed E-state index contributed by atoms with van der Waals surface area (Å²) in [6.07, 6.45) is 3.83. The fraction of sp³-hybridized carbons (Fsp3) is 0.471. The van der Waals surface area contributed by atoms with Crippen LogP contribution in [0.4, 0.5) is 0 Å². The highest BCUT2D eigenvalue weighted by Gasteiger charge is 2.30. The molecule has 0 saturated carbocycles. The smallest absolute Gasteiger partial charge is 0.120 e. The van der Waals surface area contributed by atoms with Crippen molar-refractivity contribution in [3.05, 3.63) is 40.0 Å². The molecule has 0 fully saturated rings. The molecular weight excluding hydrogens is 336 g/mol. The second kappa shape index (κ2) is 6.70. The highest BCUT2D eigenvalue weighted by molar-refractivity contribution is 7.11. The number of methoxy groups -OCH3 is 1. The van der Waals surface area contributed by atoms with E-state index in [2.05, 4.69) is 39.4 Å². The minimum Gasteiger partial charge on any atom is -0.383 e. The van der Waals surface area contributed by atoms with E-state index in [9.17, 15) is 0 Å². The molecule has 4 heterocycles. The van der Waals surface area contributed by atoms with Gasteiger partial charge in [-0.3, -0.25) is 9.58 Å². The van der Waals surface area contributed by atoms with Gasteiger partial charge >= 0.3 is 0 Å². The van der Waals surface area contributed by atoms with E-state index >= 15 is 0 Å².